The van der Waals surface area contributed by atoms with Crippen LogP contribution in [0.2, 0.25) is 0 Å². The molecule has 0 spiro atoms. The van der Waals surface area contributed by atoms with Crippen LogP contribution in [0.4, 0.5) is 0 Å². The molecule has 0 fully saturated rings. The van der Waals surface area contributed by atoms with Gasteiger partial charge in [0.15, 0.2) is 34.3 Å². The minimum absolute atomic E-state index is 0.381. The van der Waals surface area contributed by atoms with E-state index in [-0.39, 0.29) is 11.5 Å². The Morgan fingerprint density at radius 3 is 1.04 bits per heavy atom. The zero-order chi connectivity index (χ0) is 19.0. The lowest BCUT2D eigenvalue weighted by Crippen LogP contribution is -2.48. The van der Waals surface area contributed by atoms with Gasteiger partial charge in [-0.2, -0.15) is 0 Å². The Bertz CT molecular complexity index is 501. The van der Waals surface area contributed by atoms with Crippen molar-refractivity contribution in [2.75, 3.05) is 11.5 Å². The minimum atomic E-state index is -2.34. The van der Waals surface area contributed by atoms with Crippen LogP contribution in [0.15, 0.2) is 50.6 Å². The molecule has 24 heavy (non-hydrogen) atoms. The fourth-order valence-electron chi connectivity index (χ4n) is 1.46. The SMILES string of the molecule is C=CC(=O)C(O)(CSSCC(O)(C(=O)C=C)C(=O)C=C)C(=O)C=C. The van der Waals surface area contributed by atoms with Crippen LogP contribution >= 0.6 is 21.6 Å². The van der Waals surface area contributed by atoms with Gasteiger partial charge < -0.3 is 10.2 Å². The van der Waals surface area contributed by atoms with Crippen LogP contribution in [0.5, 0.6) is 0 Å². The molecule has 0 aromatic carbocycles. The molecular weight excluding hydrogens is 352 g/mol. The molecule has 0 aromatic heterocycles. The van der Waals surface area contributed by atoms with Gasteiger partial charge in [-0.05, 0) is 24.3 Å². The second kappa shape index (κ2) is 9.53. The summed E-state index contributed by atoms with van der Waals surface area (Å²) < 4.78 is 0. The minimum Gasteiger partial charge on any atom is -0.373 e. The summed E-state index contributed by atoms with van der Waals surface area (Å²) in [5, 5.41) is 20.4. The van der Waals surface area contributed by atoms with Crippen molar-refractivity contribution in [2.24, 2.45) is 0 Å². The normalized spacial score (nSPS) is 11.2. The molecule has 0 saturated heterocycles. The number of rotatable bonds is 13. The molecule has 0 saturated carbocycles. The van der Waals surface area contributed by atoms with E-state index in [9.17, 15) is 29.4 Å². The lowest BCUT2D eigenvalue weighted by molar-refractivity contribution is -0.143. The molecule has 0 bridgehead atoms. The molecule has 8 heteroatoms. The molecule has 0 rings (SSSR count). The quantitative estimate of drug-likeness (QED) is 0.213. The molecule has 0 radical (unpaired) electrons. The maximum absolute atomic E-state index is 11.7. The summed E-state index contributed by atoms with van der Waals surface area (Å²) in [6.07, 6.45) is 3.24. The van der Waals surface area contributed by atoms with Crippen molar-refractivity contribution in [3.05, 3.63) is 50.6 Å². The summed E-state index contributed by atoms with van der Waals surface area (Å²) in [5.41, 5.74) is -4.69. The van der Waals surface area contributed by atoms with Crippen molar-refractivity contribution >= 4 is 44.7 Å². The highest BCUT2D eigenvalue weighted by molar-refractivity contribution is 8.76. The van der Waals surface area contributed by atoms with Gasteiger partial charge in [0.1, 0.15) is 0 Å². The molecular formula is C16H18O6S2. The first kappa shape index (κ1) is 22.3. The largest absolute Gasteiger partial charge is 0.373 e. The van der Waals surface area contributed by atoms with Gasteiger partial charge in [0.05, 0.1) is 0 Å². The third kappa shape index (κ3) is 4.88. The average molecular weight is 370 g/mol. The Kier molecular flexibility index (Phi) is 8.84. The Labute approximate surface area is 147 Å². The van der Waals surface area contributed by atoms with Crippen LogP contribution in [-0.4, -0.2) is 56.1 Å². The smallest absolute Gasteiger partial charge is 0.199 e. The summed E-state index contributed by atoms with van der Waals surface area (Å²) in [7, 11) is 1.65. The number of ketones is 4. The maximum Gasteiger partial charge on any atom is 0.199 e. The third-order valence-electron chi connectivity index (χ3n) is 2.99. The summed E-state index contributed by atoms with van der Waals surface area (Å²) in [6.45, 7) is 12.9. The Morgan fingerprint density at radius 1 is 0.667 bits per heavy atom. The standard InChI is InChI=1S/C16H18O6S2/c1-5-11(17)15(21,12(18)6-2)9-23-24-10-16(22,13(19)7-3)14(20)8-4/h5-8,21-22H,1-4,9-10H2. The highest BCUT2D eigenvalue weighted by Crippen LogP contribution is 2.31. The molecule has 0 amide bonds. The van der Waals surface area contributed by atoms with E-state index >= 15 is 0 Å². The molecule has 2 N–H and O–H groups in total. The number of hydrogen-bond donors (Lipinski definition) is 2. The van der Waals surface area contributed by atoms with Crippen LogP contribution in [0.3, 0.4) is 0 Å². The molecule has 0 aliphatic heterocycles. The van der Waals surface area contributed by atoms with E-state index in [0.717, 1.165) is 45.9 Å². The maximum atomic E-state index is 11.7. The van der Waals surface area contributed by atoms with Gasteiger partial charge in [0, 0.05) is 11.5 Å². The summed E-state index contributed by atoms with van der Waals surface area (Å²) >= 11 is 0. The number of carbonyl (C=O) groups is 4. The number of carbonyl (C=O) groups excluding carboxylic acids is 4. The van der Waals surface area contributed by atoms with Crippen LogP contribution in [-0.2, 0) is 19.2 Å². The van der Waals surface area contributed by atoms with Crippen molar-refractivity contribution in [1.82, 2.24) is 0 Å². The van der Waals surface area contributed by atoms with Gasteiger partial charge in [-0.1, -0.05) is 47.9 Å². The van der Waals surface area contributed by atoms with E-state index in [1.165, 1.54) is 0 Å². The Morgan fingerprint density at radius 2 is 0.875 bits per heavy atom. The van der Waals surface area contributed by atoms with Gasteiger partial charge in [-0.25, -0.2) is 0 Å². The average Bonchev–Trinajstić information content (AvgIpc) is 2.61. The third-order valence-corrected chi connectivity index (χ3v) is 5.44. The van der Waals surface area contributed by atoms with Crippen LogP contribution in [0, 0.1) is 0 Å². The Hall–Kier alpha value is -1.74. The summed E-state index contributed by atoms with van der Waals surface area (Å²) in [5.74, 6) is -4.37. The molecule has 130 valence electrons. The monoisotopic (exact) mass is 370 g/mol. The lowest BCUT2D eigenvalue weighted by Gasteiger charge is -2.24. The predicted octanol–water partition coefficient (Wildman–Crippen LogP) is 0.850. The zero-order valence-electron chi connectivity index (χ0n) is 12.9. The van der Waals surface area contributed by atoms with E-state index in [1.54, 1.807) is 0 Å². The Balaban J connectivity index is 5.06. The molecule has 0 aliphatic carbocycles. The van der Waals surface area contributed by atoms with Crippen LogP contribution < -0.4 is 0 Å². The van der Waals surface area contributed by atoms with Gasteiger partial charge >= 0.3 is 0 Å². The van der Waals surface area contributed by atoms with Gasteiger partial charge in [0.2, 0.25) is 0 Å². The van der Waals surface area contributed by atoms with Crippen molar-refractivity contribution in [1.29, 1.82) is 0 Å². The van der Waals surface area contributed by atoms with Gasteiger partial charge in [-0.3, -0.25) is 19.2 Å². The topological polar surface area (TPSA) is 109 Å². The second-order valence-corrected chi connectivity index (χ2v) is 6.98. The number of hydrogen-bond acceptors (Lipinski definition) is 8. The molecule has 0 aromatic rings. The summed E-state index contributed by atoms with van der Waals surface area (Å²) in [6, 6.07) is 0. The van der Waals surface area contributed by atoms with E-state index in [4.69, 9.17) is 0 Å². The van der Waals surface area contributed by atoms with Crippen molar-refractivity contribution in [3.8, 4) is 0 Å². The van der Waals surface area contributed by atoms with Crippen LogP contribution in [0.1, 0.15) is 0 Å². The summed E-state index contributed by atoms with van der Waals surface area (Å²) in [4.78, 5) is 46.8. The van der Waals surface area contributed by atoms with Gasteiger partial charge in [0.25, 0.3) is 0 Å². The first-order valence-electron chi connectivity index (χ1n) is 6.50. The van der Waals surface area contributed by atoms with E-state index in [0.29, 0.717) is 0 Å². The first-order chi connectivity index (χ1) is 11.1. The van der Waals surface area contributed by atoms with Crippen molar-refractivity contribution in [2.45, 2.75) is 11.2 Å². The van der Waals surface area contributed by atoms with Crippen molar-refractivity contribution < 1.29 is 29.4 Å². The molecule has 6 nitrogen and oxygen atoms in total. The number of aliphatic hydroxyl groups is 2. The lowest BCUT2D eigenvalue weighted by atomic mass is 9.95. The fourth-order valence-corrected chi connectivity index (χ4v) is 4.06. The zero-order valence-corrected chi connectivity index (χ0v) is 14.5. The molecule has 0 unspecified atom stereocenters. The van der Waals surface area contributed by atoms with Crippen molar-refractivity contribution in [3.63, 3.8) is 0 Å². The fraction of sp³-hybridized carbons (Fsp3) is 0.250. The predicted molar refractivity (Wildman–Crippen MR) is 95.6 cm³/mol. The van der Waals surface area contributed by atoms with Gasteiger partial charge in [-0.15, -0.1) is 0 Å². The van der Waals surface area contributed by atoms with E-state index in [2.05, 4.69) is 26.3 Å². The first-order valence-corrected chi connectivity index (χ1v) is 8.99. The molecule has 0 aliphatic rings. The molecule has 0 atom stereocenters. The highest BCUT2D eigenvalue weighted by Gasteiger charge is 2.42. The van der Waals surface area contributed by atoms with E-state index < -0.39 is 34.3 Å². The second-order valence-electron chi connectivity index (χ2n) is 4.52. The molecule has 0 heterocycles. The van der Waals surface area contributed by atoms with Crippen LogP contribution in [0.25, 0.3) is 0 Å². The highest BCUT2D eigenvalue weighted by atomic mass is 33.1. The van der Waals surface area contributed by atoms with E-state index in [1.807, 2.05) is 0 Å².